The molecule has 0 fully saturated rings. The molecule has 1 aromatic heterocycles. The number of nitrogens with zero attached hydrogens (tertiary/aromatic N) is 4. The number of hydrogen-bond acceptors (Lipinski definition) is 4. The summed E-state index contributed by atoms with van der Waals surface area (Å²) in [5.41, 5.74) is 2.84. The molecule has 5 nitrogen and oxygen atoms in total. The van der Waals surface area contributed by atoms with Crippen LogP contribution in [0.25, 0.3) is 11.4 Å². The van der Waals surface area contributed by atoms with Crippen molar-refractivity contribution in [2.24, 2.45) is 5.10 Å². The van der Waals surface area contributed by atoms with Gasteiger partial charge in [0.05, 0.1) is 11.2 Å². The number of halogens is 2. The largest absolute Gasteiger partial charge is 0.372 e. The topological polar surface area (TPSA) is 49.2 Å². The lowest BCUT2D eigenvalue weighted by atomic mass is 10.2. The van der Waals surface area contributed by atoms with Crippen molar-refractivity contribution in [3.05, 3.63) is 62.8 Å². The summed E-state index contributed by atoms with van der Waals surface area (Å²) in [6.45, 7) is 6.23. The summed E-state index contributed by atoms with van der Waals surface area (Å²) in [4.78, 5) is 2.29. The minimum atomic E-state index is 0.382. The first kappa shape index (κ1) is 19.6. The highest BCUT2D eigenvalue weighted by Gasteiger charge is 2.12. The quantitative estimate of drug-likeness (QED) is 0.415. The van der Waals surface area contributed by atoms with Crippen LogP contribution in [0.2, 0.25) is 10.0 Å². The van der Waals surface area contributed by atoms with Crippen LogP contribution in [0.15, 0.2) is 47.6 Å². The molecule has 140 valence electrons. The number of hydrogen-bond donors (Lipinski definition) is 1. The van der Waals surface area contributed by atoms with Gasteiger partial charge in [0.1, 0.15) is 0 Å². The number of aromatic nitrogens is 3. The fraction of sp³-hybridized carbons (Fsp3) is 0.211. The SMILES string of the molecule is CCN(CC)c1ccc(/C=N/n2c(-c3ccc(Cl)cc3Cl)n[nH]c2=S)cc1. The second-order valence-corrected chi connectivity index (χ2v) is 7.03. The third-order valence-corrected chi connectivity index (χ3v) is 4.98. The predicted molar refractivity (Wildman–Crippen MR) is 116 cm³/mol. The van der Waals surface area contributed by atoms with Crippen molar-refractivity contribution in [2.75, 3.05) is 18.0 Å². The van der Waals surface area contributed by atoms with E-state index >= 15 is 0 Å². The Balaban J connectivity index is 1.90. The summed E-state index contributed by atoms with van der Waals surface area (Å²) in [5.74, 6) is 0.526. The molecule has 0 amide bonds. The molecule has 0 radical (unpaired) electrons. The maximum Gasteiger partial charge on any atom is 0.216 e. The Kier molecular flexibility index (Phi) is 6.31. The predicted octanol–water partition coefficient (Wildman–Crippen LogP) is 5.64. The molecule has 0 saturated heterocycles. The Hall–Kier alpha value is -2.15. The summed E-state index contributed by atoms with van der Waals surface area (Å²) in [5, 5.41) is 12.5. The van der Waals surface area contributed by atoms with Crippen LogP contribution in [0.4, 0.5) is 5.69 Å². The fourth-order valence-electron chi connectivity index (χ4n) is 2.73. The number of benzene rings is 2. The zero-order valence-corrected chi connectivity index (χ0v) is 17.3. The van der Waals surface area contributed by atoms with Crippen molar-refractivity contribution in [3.8, 4) is 11.4 Å². The van der Waals surface area contributed by atoms with Crippen LogP contribution in [-0.4, -0.2) is 34.2 Å². The molecule has 0 aliphatic rings. The molecule has 3 rings (SSSR count). The standard InChI is InChI=1S/C19H19Cl2N5S/c1-3-25(4-2)15-8-5-13(6-9-15)12-22-26-18(23-24-19(26)27)16-10-7-14(20)11-17(16)21/h5-12H,3-4H2,1-2H3,(H,24,27)/b22-12+. The smallest absolute Gasteiger partial charge is 0.216 e. The molecule has 0 aliphatic carbocycles. The summed E-state index contributed by atoms with van der Waals surface area (Å²) >= 11 is 17.6. The van der Waals surface area contributed by atoms with E-state index in [9.17, 15) is 0 Å². The van der Waals surface area contributed by atoms with E-state index in [1.165, 1.54) is 5.69 Å². The van der Waals surface area contributed by atoms with E-state index in [1.807, 2.05) is 12.1 Å². The Labute approximate surface area is 173 Å². The molecule has 2 aromatic carbocycles. The maximum atomic E-state index is 6.29. The van der Waals surface area contributed by atoms with Crippen molar-refractivity contribution in [1.29, 1.82) is 0 Å². The summed E-state index contributed by atoms with van der Waals surface area (Å²) in [6, 6.07) is 13.4. The zero-order valence-electron chi connectivity index (χ0n) is 15.0. The van der Waals surface area contributed by atoms with Crippen LogP contribution >= 0.6 is 35.4 Å². The van der Waals surface area contributed by atoms with Gasteiger partial charge in [0.25, 0.3) is 0 Å². The molecule has 0 unspecified atom stereocenters. The van der Waals surface area contributed by atoms with E-state index < -0.39 is 0 Å². The third-order valence-electron chi connectivity index (χ3n) is 4.17. The molecule has 1 heterocycles. The van der Waals surface area contributed by atoms with Gasteiger partial charge >= 0.3 is 0 Å². The molecule has 0 atom stereocenters. The first-order valence-corrected chi connectivity index (χ1v) is 9.72. The lowest BCUT2D eigenvalue weighted by Gasteiger charge is -2.20. The molecule has 0 aliphatic heterocycles. The van der Waals surface area contributed by atoms with Gasteiger partial charge in [-0.3, -0.25) is 0 Å². The highest BCUT2D eigenvalue weighted by atomic mass is 35.5. The Morgan fingerprint density at radius 1 is 1.15 bits per heavy atom. The first-order valence-electron chi connectivity index (χ1n) is 8.55. The highest BCUT2D eigenvalue weighted by molar-refractivity contribution is 7.71. The van der Waals surface area contributed by atoms with Gasteiger partial charge in [0.15, 0.2) is 5.82 Å². The lowest BCUT2D eigenvalue weighted by Crippen LogP contribution is -2.21. The monoisotopic (exact) mass is 419 g/mol. The number of rotatable bonds is 6. The van der Waals surface area contributed by atoms with E-state index in [0.717, 1.165) is 18.7 Å². The fourth-order valence-corrected chi connectivity index (χ4v) is 3.40. The number of nitrogens with one attached hydrogen (secondary N) is 1. The molecule has 1 N–H and O–H groups in total. The van der Waals surface area contributed by atoms with E-state index in [0.29, 0.717) is 26.2 Å². The van der Waals surface area contributed by atoms with Crippen LogP contribution in [0.3, 0.4) is 0 Å². The molecular weight excluding hydrogens is 401 g/mol. The van der Waals surface area contributed by atoms with E-state index in [1.54, 1.807) is 29.1 Å². The average Bonchev–Trinajstić information content (AvgIpc) is 3.02. The van der Waals surface area contributed by atoms with E-state index in [4.69, 9.17) is 35.4 Å². The number of H-pyrrole nitrogens is 1. The van der Waals surface area contributed by atoms with Crippen molar-refractivity contribution < 1.29 is 0 Å². The van der Waals surface area contributed by atoms with Crippen molar-refractivity contribution in [3.63, 3.8) is 0 Å². The van der Waals surface area contributed by atoms with Gasteiger partial charge in [-0.25, -0.2) is 5.10 Å². The molecule has 3 aromatic rings. The first-order chi connectivity index (χ1) is 13.0. The molecule has 0 saturated carbocycles. The number of aromatic amines is 1. The summed E-state index contributed by atoms with van der Waals surface area (Å²) in [6.07, 6.45) is 1.74. The van der Waals surface area contributed by atoms with Gasteiger partial charge in [-0.1, -0.05) is 35.3 Å². The summed E-state index contributed by atoms with van der Waals surface area (Å²) in [7, 11) is 0. The zero-order chi connectivity index (χ0) is 19.4. The normalized spacial score (nSPS) is 11.3. The Bertz CT molecular complexity index is 1000. The van der Waals surface area contributed by atoms with Crippen LogP contribution in [-0.2, 0) is 0 Å². The van der Waals surface area contributed by atoms with Crippen molar-refractivity contribution in [2.45, 2.75) is 13.8 Å². The third kappa shape index (κ3) is 4.40. The highest BCUT2D eigenvalue weighted by Crippen LogP contribution is 2.29. The van der Waals surface area contributed by atoms with Crippen LogP contribution < -0.4 is 4.90 Å². The Morgan fingerprint density at radius 2 is 1.85 bits per heavy atom. The van der Waals surface area contributed by atoms with Crippen LogP contribution in [0, 0.1) is 4.77 Å². The molecule has 27 heavy (non-hydrogen) atoms. The van der Waals surface area contributed by atoms with E-state index in [-0.39, 0.29) is 0 Å². The van der Waals surface area contributed by atoms with Gasteiger partial charge in [-0.2, -0.15) is 14.9 Å². The lowest BCUT2D eigenvalue weighted by molar-refractivity contribution is 0.865. The van der Waals surface area contributed by atoms with Gasteiger partial charge in [0.2, 0.25) is 4.77 Å². The molecule has 0 spiro atoms. The van der Waals surface area contributed by atoms with Gasteiger partial charge in [-0.15, -0.1) is 0 Å². The maximum absolute atomic E-state index is 6.29. The Morgan fingerprint density at radius 3 is 2.48 bits per heavy atom. The van der Waals surface area contributed by atoms with Crippen molar-refractivity contribution >= 4 is 47.3 Å². The molecule has 0 bridgehead atoms. The number of anilines is 1. The van der Waals surface area contributed by atoms with Crippen molar-refractivity contribution in [1.82, 2.24) is 14.9 Å². The summed E-state index contributed by atoms with van der Waals surface area (Å²) < 4.78 is 1.93. The van der Waals surface area contributed by atoms with E-state index in [2.05, 4.69) is 46.2 Å². The van der Waals surface area contributed by atoms with Crippen LogP contribution in [0.1, 0.15) is 19.4 Å². The second-order valence-electron chi connectivity index (χ2n) is 5.80. The van der Waals surface area contributed by atoms with Gasteiger partial charge in [0, 0.05) is 29.4 Å². The molecule has 8 heteroatoms. The average molecular weight is 420 g/mol. The second kappa shape index (κ2) is 8.69. The minimum absolute atomic E-state index is 0.382. The minimum Gasteiger partial charge on any atom is -0.372 e. The van der Waals surface area contributed by atoms with Gasteiger partial charge < -0.3 is 4.90 Å². The van der Waals surface area contributed by atoms with Gasteiger partial charge in [-0.05, 0) is 62.0 Å². The molecular formula is C19H19Cl2N5S. The van der Waals surface area contributed by atoms with Crippen LogP contribution in [0.5, 0.6) is 0 Å².